The highest BCUT2D eigenvalue weighted by molar-refractivity contribution is 6.88. The largest absolute Gasteiger partial charge is 0.478 e. The Balaban J connectivity index is 5.06. The van der Waals surface area contributed by atoms with Crippen LogP contribution in [0.5, 0.6) is 0 Å². The van der Waals surface area contributed by atoms with E-state index in [1.165, 1.54) is 38.5 Å². The number of rotatable bonds is 15. The molecule has 0 aliphatic heterocycles. The summed E-state index contributed by atoms with van der Waals surface area (Å²) in [4.78, 5) is 0. The molecule has 0 aromatic rings. The van der Waals surface area contributed by atoms with Crippen molar-refractivity contribution < 1.29 is 16.8 Å². The predicted molar refractivity (Wildman–Crippen MR) is 123 cm³/mol. The van der Waals surface area contributed by atoms with E-state index < -0.39 is 34.0 Å². The summed E-state index contributed by atoms with van der Waals surface area (Å²) in [5, 5.41) is 0. The van der Waals surface area contributed by atoms with Crippen molar-refractivity contribution in [2.24, 2.45) is 0 Å². The zero-order valence-electron chi connectivity index (χ0n) is 19.3. The van der Waals surface area contributed by atoms with Crippen molar-refractivity contribution in [3.63, 3.8) is 0 Å². The molecule has 0 heterocycles. The van der Waals surface area contributed by atoms with Gasteiger partial charge in [-0.3, -0.25) is 0 Å². The molecule has 0 saturated heterocycles. The van der Waals surface area contributed by atoms with Gasteiger partial charge in [0.2, 0.25) is 0 Å². The quantitative estimate of drug-likeness (QED) is 0.209. The van der Waals surface area contributed by atoms with Crippen LogP contribution in [0.25, 0.3) is 0 Å². The molecular formula is C18H46O4Si4. The Morgan fingerprint density at radius 1 is 0.577 bits per heavy atom. The van der Waals surface area contributed by atoms with E-state index in [2.05, 4.69) is 59.3 Å². The molecule has 0 aromatic heterocycles. The summed E-state index contributed by atoms with van der Waals surface area (Å²) in [6, 6.07) is 1.04. The van der Waals surface area contributed by atoms with Crippen LogP contribution in [0.3, 0.4) is 0 Å². The van der Waals surface area contributed by atoms with Crippen LogP contribution in [0.2, 0.25) is 58.4 Å². The monoisotopic (exact) mass is 438 g/mol. The lowest BCUT2D eigenvalue weighted by Gasteiger charge is -2.41. The van der Waals surface area contributed by atoms with E-state index in [9.17, 15) is 0 Å². The summed E-state index contributed by atoms with van der Waals surface area (Å²) in [6.07, 6.45) is 7.74. The Hall–Kier alpha value is 0.708. The second kappa shape index (κ2) is 11.6. The van der Waals surface area contributed by atoms with Gasteiger partial charge in [-0.25, -0.2) is 0 Å². The zero-order chi connectivity index (χ0) is 20.5. The topological polar surface area (TPSA) is 36.9 Å². The Kier molecular flexibility index (Phi) is 12.0. The van der Waals surface area contributed by atoms with Gasteiger partial charge in [-0.05, 0) is 58.8 Å². The fourth-order valence-corrected chi connectivity index (χ4v) is 19.8. The Bertz CT molecular complexity index is 384. The minimum Gasteiger partial charge on any atom is -0.437 e. The van der Waals surface area contributed by atoms with Crippen molar-refractivity contribution in [2.75, 3.05) is 6.61 Å². The van der Waals surface area contributed by atoms with E-state index >= 15 is 0 Å². The molecule has 0 fully saturated rings. The van der Waals surface area contributed by atoms with Crippen LogP contribution in [0, 0.1) is 0 Å². The second-order valence-corrected chi connectivity index (χ2v) is 25.2. The average molecular weight is 439 g/mol. The summed E-state index contributed by atoms with van der Waals surface area (Å²) in [5.41, 5.74) is 0. The molecule has 0 N–H and O–H groups in total. The van der Waals surface area contributed by atoms with Crippen molar-refractivity contribution >= 4 is 34.0 Å². The Morgan fingerprint density at radius 2 is 1.08 bits per heavy atom. The van der Waals surface area contributed by atoms with Crippen LogP contribution in [0.1, 0.15) is 52.4 Å². The van der Waals surface area contributed by atoms with Gasteiger partial charge in [-0.2, -0.15) is 0 Å². The van der Waals surface area contributed by atoms with Crippen molar-refractivity contribution in [1.29, 1.82) is 0 Å². The third-order valence-electron chi connectivity index (χ3n) is 3.81. The van der Waals surface area contributed by atoms with Crippen molar-refractivity contribution in [3.05, 3.63) is 0 Å². The molecule has 0 rings (SSSR count). The second-order valence-electron chi connectivity index (χ2n) is 9.48. The molecule has 0 aliphatic rings. The van der Waals surface area contributed by atoms with Crippen molar-refractivity contribution in [3.8, 4) is 0 Å². The summed E-state index contributed by atoms with van der Waals surface area (Å²) >= 11 is 0. The summed E-state index contributed by atoms with van der Waals surface area (Å²) < 4.78 is 25.9. The molecule has 8 heteroatoms. The lowest BCUT2D eigenvalue weighted by Crippen LogP contribution is -2.59. The lowest BCUT2D eigenvalue weighted by atomic mass is 10.1. The van der Waals surface area contributed by atoms with Gasteiger partial charge >= 0.3 is 17.4 Å². The van der Waals surface area contributed by atoms with Crippen molar-refractivity contribution in [2.45, 2.75) is 111 Å². The molecule has 4 nitrogen and oxygen atoms in total. The average Bonchev–Trinajstić information content (AvgIpc) is 2.37. The first-order chi connectivity index (χ1) is 11.7. The van der Waals surface area contributed by atoms with Gasteiger partial charge in [0.1, 0.15) is 0 Å². The molecule has 2 unspecified atom stereocenters. The maximum Gasteiger partial charge on any atom is 0.478 e. The molecule has 26 heavy (non-hydrogen) atoms. The smallest absolute Gasteiger partial charge is 0.437 e. The first-order valence-corrected chi connectivity index (χ1v) is 22.1. The minimum atomic E-state index is -2.68. The standard InChI is InChI=1S/C18H46O4Si4/c1-11-13-14-15-16-17-18-25(9,20-23(3,4)5)22-26(10,19-12-2)21-24(6,7)8/h11-18H2,1-10H3. The van der Waals surface area contributed by atoms with E-state index in [4.69, 9.17) is 16.8 Å². The number of hydrogen-bond donors (Lipinski definition) is 0. The summed E-state index contributed by atoms with van der Waals surface area (Å²) in [6.45, 7) is 22.6. The van der Waals surface area contributed by atoms with Gasteiger partial charge in [-0.15, -0.1) is 0 Å². The highest BCUT2D eigenvalue weighted by atomic mass is 28.5. The van der Waals surface area contributed by atoms with Gasteiger partial charge in [0.05, 0.1) is 0 Å². The van der Waals surface area contributed by atoms with Crippen LogP contribution in [0.15, 0.2) is 0 Å². The van der Waals surface area contributed by atoms with E-state index in [1.807, 2.05) is 6.92 Å². The zero-order valence-corrected chi connectivity index (χ0v) is 23.3. The number of unbranched alkanes of at least 4 members (excludes halogenated alkanes) is 5. The SMILES string of the molecule is CCCCCCCC[Si](C)(O[Si](C)(C)C)O[Si](C)(OCC)O[Si](C)(C)C. The molecule has 0 saturated carbocycles. The summed E-state index contributed by atoms with van der Waals surface area (Å²) in [5.74, 6) is 0. The predicted octanol–water partition coefficient (Wildman–Crippen LogP) is 6.74. The Labute approximate surface area is 168 Å². The maximum atomic E-state index is 6.73. The highest BCUT2D eigenvalue weighted by Gasteiger charge is 2.48. The minimum absolute atomic E-state index is 0.627. The van der Waals surface area contributed by atoms with Crippen LogP contribution in [-0.4, -0.2) is 40.6 Å². The van der Waals surface area contributed by atoms with Gasteiger partial charge < -0.3 is 16.8 Å². The molecule has 158 valence electrons. The molecule has 0 amide bonds. The molecule has 2 atom stereocenters. The van der Waals surface area contributed by atoms with E-state index in [0.717, 1.165) is 6.04 Å². The highest BCUT2D eigenvalue weighted by Crippen LogP contribution is 2.29. The molecule has 0 radical (unpaired) electrons. The molecular weight excluding hydrogens is 393 g/mol. The fourth-order valence-electron chi connectivity index (χ4n) is 3.29. The molecule has 0 spiro atoms. The fraction of sp³-hybridized carbons (Fsp3) is 1.00. The first kappa shape index (κ1) is 26.7. The van der Waals surface area contributed by atoms with Gasteiger partial charge in [-0.1, -0.05) is 45.4 Å². The molecule has 0 bridgehead atoms. The lowest BCUT2D eigenvalue weighted by molar-refractivity contribution is 0.162. The normalized spacial score (nSPS) is 17.8. The van der Waals surface area contributed by atoms with Crippen LogP contribution >= 0.6 is 0 Å². The maximum absolute atomic E-state index is 6.73. The van der Waals surface area contributed by atoms with Crippen molar-refractivity contribution in [1.82, 2.24) is 0 Å². The summed E-state index contributed by atoms with van der Waals surface area (Å²) in [7, 11) is -8.46. The van der Waals surface area contributed by atoms with E-state index in [0.29, 0.717) is 6.61 Å². The van der Waals surface area contributed by atoms with E-state index in [-0.39, 0.29) is 0 Å². The van der Waals surface area contributed by atoms with Crippen LogP contribution in [0.4, 0.5) is 0 Å². The third kappa shape index (κ3) is 13.8. The third-order valence-corrected chi connectivity index (χ3v) is 17.2. The van der Waals surface area contributed by atoms with Gasteiger partial charge in [0, 0.05) is 13.2 Å². The first-order valence-electron chi connectivity index (χ1n) is 10.5. The van der Waals surface area contributed by atoms with Gasteiger partial charge in [0.25, 0.3) is 0 Å². The number of hydrogen-bond acceptors (Lipinski definition) is 4. The van der Waals surface area contributed by atoms with Crippen LogP contribution in [-0.2, 0) is 16.8 Å². The van der Waals surface area contributed by atoms with E-state index in [1.54, 1.807) is 0 Å². The molecule has 0 aliphatic carbocycles. The van der Waals surface area contributed by atoms with Gasteiger partial charge in [0.15, 0.2) is 16.6 Å². The van der Waals surface area contributed by atoms with Crippen LogP contribution < -0.4 is 0 Å². The Morgan fingerprint density at radius 3 is 1.54 bits per heavy atom. The molecule has 0 aromatic carbocycles.